The van der Waals surface area contributed by atoms with Gasteiger partial charge in [0.15, 0.2) is 0 Å². The topological polar surface area (TPSA) is 120 Å². The zero-order valence-corrected chi connectivity index (χ0v) is 7.90. The van der Waals surface area contributed by atoms with Crippen molar-refractivity contribution in [3.63, 3.8) is 0 Å². The molecule has 0 radical (unpaired) electrons. The van der Waals surface area contributed by atoms with E-state index >= 15 is 0 Å². The summed E-state index contributed by atoms with van der Waals surface area (Å²) >= 11 is 0. The number of fused-ring (bicyclic) bond motifs is 2. The van der Waals surface area contributed by atoms with Crippen molar-refractivity contribution < 1.29 is 14.4 Å². The molecular formula is C5H8N5O3P. The van der Waals surface area contributed by atoms with Gasteiger partial charge in [0.25, 0.3) is 0 Å². The maximum atomic E-state index is 10.9. The predicted octanol–water partition coefficient (Wildman–Crippen LogP) is -1.49. The Morgan fingerprint density at radius 1 is 1.07 bits per heavy atom. The molecule has 1 aromatic rings. The first-order valence-corrected chi connectivity index (χ1v) is 5.47. The molecule has 0 spiro atoms. The van der Waals surface area contributed by atoms with Crippen LogP contribution in [0.25, 0.3) is 0 Å². The second-order valence-corrected chi connectivity index (χ2v) is 4.17. The van der Waals surface area contributed by atoms with Crippen LogP contribution >= 0.6 is 7.60 Å². The summed E-state index contributed by atoms with van der Waals surface area (Å²) in [6, 6.07) is 0. The van der Waals surface area contributed by atoms with Gasteiger partial charge in [-0.05, 0) is 0 Å². The Balaban J connectivity index is 2.49. The van der Waals surface area contributed by atoms with Crippen LogP contribution in [-0.4, -0.2) is 37.8 Å². The monoisotopic (exact) mass is 217 g/mol. The molecule has 0 atom stereocenters. The van der Waals surface area contributed by atoms with E-state index < -0.39 is 13.2 Å². The molecule has 9 heteroatoms. The second kappa shape index (κ2) is 3.16. The molecule has 0 unspecified atom stereocenters. The van der Waals surface area contributed by atoms with E-state index in [1.54, 1.807) is 0 Å². The summed E-state index contributed by atoms with van der Waals surface area (Å²) in [6.45, 7) is 1.16. The predicted molar refractivity (Wildman–Crippen MR) is 48.5 cm³/mol. The van der Waals surface area contributed by atoms with E-state index in [0.29, 0.717) is 13.1 Å². The van der Waals surface area contributed by atoms with E-state index in [1.165, 1.54) is 0 Å². The molecule has 4 N–H and O–H groups in total. The third kappa shape index (κ3) is 1.82. The average molecular weight is 217 g/mol. The minimum atomic E-state index is -4.41. The molecule has 0 saturated heterocycles. The molecule has 1 aromatic heterocycles. The van der Waals surface area contributed by atoms with Crippen LogP contribution in [0.2, 0.25) is 0 Å². The Morgan fingerprint density at radius 3 is 2.00 bits per heavy atom. The number of nitrogens with zero attached hydrogens (tertiary/aromatic N) is 3. The highest BCUT2D eigenvalue weighted by Crippen LogP contribution is 2.31. The van der Waals surface area contributed by atoms with Gasteiger partial charge in [0, 0.05) is 13.1 Å². The molecule has 2 bridgehead atoms. The first-order valence-electron chi connectivity index (χ1n) is 3.85. The molecule has 76 valence electrons. The molecule has 1 aliphatic heterocycles. The van der Waals surface area contributed by atoms with E-state index in [4.69, 9.17) is 9.79 Å². The van der Waals surface area contributed by atoms with Gasteiger partial charge in [-0.25, -0.2) is 0 Å². The Labute approximate surface area is 79.0 Å². The van der Waals surface area contributed by atoms with Crippen molar-refractivity contribution in [1.29, 1.82) is 0 Å². The van der Waals surface area contributed by atoms with Crippen LogP contribution in [0.4, 0.5) is 11.9 Å². The number of aromatic nitrogens is 3. The highest BCUT2D eigenvalue weighted by atomic mass is 31.2. The summed E-state index contributed by atoms with van der Waals surface area (Å²) in [5.41, 5.74) is -0.514. The van der Waals surface area contributed by atoms with Crippen LogP contribution in [0.15, 0.2) is 0 Å². The van der Waals surface area contributed by atoms with Crippen LogP contribution in [0.3, 0.4) is 0 Å². The normalized spacial score (nSPS) is 15.3. The SMILES string of the molecule is O=P(O)(O)c1nc2nc(n1)NCCN2. The number of anilines is 2. The zero-order valence-electron chi connectivity index (χ0n) is 7.01. The molecule has 1 aliphatic rings. The van der Waals surface area contributed by atoms with Gasteiger partial charge in [0.05, 0.1) is 0 Å². The van der Waals surface area contributed by atoms with Gasteiger partial charge < -0.3 is 20.4 Å². The third-order valence-corrected chi connectivity index (χ3v) is 2.30. The molecule has 0 aliphatic carbocycles. The summed E-state index contributed by atoms with van der Waals surface area (Å²) < 4.78 is 10.9. The molecule has 2 heterocycles. The summed E-state index contributed by atoms with van der Waals surface area (Å²) in [5, 5.41) is 5.58. The van der Waals surface area contributed by atoms with Gasteiger partial charge in [-0.3, -0.25) is 4.57 Å². The highest BCUT2D eigenvalue weighted by molar-refractivity contribution is 7.59. The maximum Gasteiger partial charge on any atom is 0.393 e. The number of hydrogen-bond acceptors (Lipinski definition) is 6. The van der Waals surface area contributed by atoms with Crippen molar-refractivity contribution in [2.24, 2.45) is 0 Å². The summed E-state index contributed by atoms with van der Waals surface area (Å²) in [7, 11) is -4.41. The molecule has 0 amide bonds. The third-order valence-electron chi connectivity index (χ3n) is 1.58. The van der Waals surface area contributed by atoms with Crippen molar-refractivity contribution in [2.75, 3.05) is 23.7 Å². The van der Waals surface area contributed by atoms with Crippen LogP contribution in [0.1, 0.15) is 0 Å². The maximum absolute atomic E-state index is 10.9. The van der Waals surface area contributed by atoms with Crippen molar-refractivity contribution in [2.45, 2.75) is 0 Å². The van der Waals surface area contributed by atoms with Crippen molar-refractivity contribution >= 4 is 25.1 Å². The van der Waals surface area contributed by atoms with Crippen LogP contribution in [0, 0.1) is 0 Å². The van der Waals surface area contributed by atoms with E-state index in [2.05, 4.69) is 25.6 Å². The molecule has 0 saturated carbocycles. The average Bonchev–Trinajstić information content (AvgIpc) is 2.25. The Hall–Kier alpha value is -1.24. The molecule has 2 rings (SSSR count). The van der Waals surface area contributed by atoms with E-state index in [9.17, 15) is 4.57 Å². The largest absolute Gasteiger partial charge is 0.393 e. The minimum Gasteiger partial charge on any atom is -0.352 e. The van der Waals surface area contributed by atoms with Gasteiger partial charge in [0.1, 0.15) is 0 Å². The lowest BCUT2D eigenvalue weighted by Crippen LogP contribution is -2.17. The standard InChI is InChI=1S/C5H8N5O3P/c11-14(12,13)5-9-3-6-1-2-7-4(8-3)10-5/h1-2H2,(H2,11,12,13)(H2,6,7,8,9,10). The van der Waals surface area contributed by atoms with E-state index in [0.717, 1.165) is 0 Å². The fourth-order valence-electron chi connectivity index (χ4n) is 1.00. The number of hydrogen-bond donors (Lipinski definition) is 4. The fraction of sp³-hybridized carbons (Fsp3) is 0.400. The quantitative estimate of drug-likeness (QED) is 0.420. The van der Waals surface area contributed by atoms with Crippen LogP contribution < -0.4 is 16.2 Å². The summed E-state index contributed by atoms with van der Waals surface area (Å²) in [4.78, 5) is 28.8. The Bertz CT molecular complexity index is 380. The molecule has 0 fully saturated rings. The first-order chi connectivity index (χ1) is 6.55. The smallest absolute Gasteiger partial charge is 0.352 e. The lowest BCUT2D eigenvalue weighted by molar-refractivity contribution is 0.385. The van der Waals surface area contributed by atoms with Gasteiger partial charge in [0.2, 0.25) is 17.5 Å². The summed E-state index contributed by atoms with van der Waals surface area (Å²) in [6.07, 6.45) is 0. The molecule has 8 nitrogen and oxygen atoms in total. The first kappa shape index (κ1) is 9.32. The lowest BCUT2D eigenvalue weighted by atomic mass is 10.6. The highest BCUT2D eigenvalue weighted by Gasteiger charge is 2.24. The number of rotatable bonds is 1. The number of nitrogens with one attached hydrogen (secondary N) is 2. The minimum absolute atomic E-state index is 0.179. The Kier molecular flexibility index (Phi) is 2.10. The van der Waals surface area contributed by atoms with E-state index in [1.807, 2.05) is 0 Å². The zero-order chi connectivity index (χ0) is 10.2. The molecular weight excluding hydrogens is 209 g/mol. The fourth-order valence-corrected chi connectivity index (χ4v) is 1.45. The molecule has 0 aromatic carbocycles. The van der Waals surface area contributed by atoms with Crippen LogP contribution in [-0.2, 0) is 4.57 Å². The van der Waals surface area contributed by atoms with Crippen molar-refractivity contribution in [1.82, 2.24) is 15.0 Å². The van der Waals surface area contributed by atoms with Gasteiger partial charge in [-0.2, -0.15) is 15.0 Å². The Morgan fingerprint density at radius 2 is 1.57 bits per heavy atom. The lowest BCUT2D eigenvalue weighted by Gasteiger charge is -2.04. The van der Waals surface area contributed by atoms with Crippen LogP contribution in [0.5, 0.6) is 0 Å². The van der Waals surface area contributed by atoms with E-state index in [-0.39, 0.29) is 11.9 Å². The molecule has 14 heavy (non-hydrogen) atoms. The van der Waals surface area contributed by atoms with Crippen molar-refractivity contribution in [3.05, 3.63) is 0 Å². The summed E-state index contributed by atoms with van der Waals surface area (Å²) in [5.74, 6) is 0.358. The van der Waals surface area contributed by atoms with Gasteiger partial charge in [-0.15, -0.1) is 0 Å². The van der Waals surface area contributed by atoms with Gasteiger partial charge in [-0.1, -0.05) is 0 Å². The second-order valence-electron chi connectivity index (χ2n) is 2.68. The van der Waals surface area contributed by atoms with Gasteiger partial charge >= 0.3 is 7.60 Å². The van der Waals surface area contributed by atoms with Crippen molar-refractivity contribution in [3.8, 4) is 0 Å².